The lowest BCUT2D eigenvalue weighted by Crippen LogP contribution is -2.40. The number of carbonyl (C=O) groups is 2. The molecule has 2 aliphatic rings. The lowest BCUT2D eigenvalue weighted by Gasteiger charge is -2.39. The molecule has 0 radical (unpaired) electrons. The molecule has 6 nitrogen and oxygen atoms in total. The fourth-order valence-corrected chi connectivity index (χ4v) is 3.29. The third-order valence-corrected chi connectivity index (χ3v) is 4.53. The number of aliphatic hydroxyl groups is 1. The van der Waals surface area contributed by atoms with Crippen molar-refractivity contribution in [3.8, 4) is 5.75 Å². The van der Waals surface area contributed by atoms with Gasteiger partial charge in [0.1, 0.15) is 11.4 Å². The monoisotopic (exact) mass is 331 g/mol. The van der Waals surface area contributed by atoms with Crippen LogP contribution in [0.5, 0.6) is 5.75 Å². The number of aliphatic hydroxyl groups excluding tert-OH is 1. The molecule has 128 valence electrons. The number of hydrogen-bond acceptors (Lipinski definition) is 5. The van der Waals surface area contributed by atoms with Crippen LogP contribution in [0.1, 0.15) is 42.6 Å². The Labute approximate surface area is 140 Å². The highest BCUT2D eigenvalue weighted by Gasteiger charge is 2.39. The summed E-state index contributed by atoms with van der Waals surface area (Å²) >= 11 is 0. The molecule has 0 atom stereocenters. The predicted molar refractivity (Wildman–Crippen MR) is 87.4 cm³/mol. The van der Waals surface area contributed by atoms with Crippen molar-refractivity contribution in [3.05, 3.63) is 34.9 Å². The molecule has 0 saturated carbocycles. The Hall–Kier alpha value is -2.34. The van der Waals surface area contributed by atoms with E-state index in [2.05, 4.69) is 0 Å². The standard InChI is InChI=1S/C18H21NO5/c1-18(2)13(10-20)16(19-8-4-5-15(19)21)12-9-11(17(22)23-3)6-7-14(12)24-18/h6-7,9,20H,4-5,8,10H2,1-3H3. The lowest BCUT2D eigenvalue weighted by atomic mass is 9.88. The van der Waals surface area contributed by atoms with Gasteiger partial charge < -0.3 is 19.5 Å². The Balaban J connectivity index is 2.22. The zero-order valence-electron chi connectivity index (χ0n) is 14.1. The van der Waals surface area contributed by atoms with Gasteiger partial charge >= 0.3 is 5.97 Å². The minimum absolute atomic E-state index is 0.0167. The summed E-state index contributed by atoms with van der Waals surface area (Å²) in [6.45, 7) is 4.08. The van der Waals surface area contributed by atoms with E-state index in [4.69, 9.17) is 9.47 Å². The van der Waals surface area contributed by atoms with Gasteiger partial charge in [-0.15, -0.1) is 0 Å². The summed E-state index contributed by atoms with van der Waals surface area (Å²) in [5.74, 6) is 0.142. The maximum atomic E-state index is 12.3. The molecule has 3 rings (SSSR count). The number of fused-ring (bicyclic) bond motifs is 1. The zero-order chi connectivity index (χ0) is 17.5. The predicted octanol–water partition coefficient (Wildman–Crippen LogP) is 1.97. The van der Waals surface area contributed by atoms with Crippen molar-refractivity contribution < 1.29 is 24.2 Å². The van der Waals surface area contributed by atoms with Gasteiger partial charge in [0.15, 0.2) is 0 Å². The summed E-state index contributed by atoms with van der Waals surface area (Å²) in [5, 5.41) is 9.93. The lowest BCUT2D eigenvalue weighted by molar-refractivity contribution is -0.125. The molecule has 6 heteroatoms. The SMILES string of the molecule is COC(=O)c1ccc2c(c1)C(N1CCCC1=O)=C(CO)C(C)(C)O2. The van der Waals surface area contributed by atoms with Crippen LogP contribution < -0.4 is 4.74 Å². The number of nitrogens with zero attached hydrogens (tertiary/aromatic N) is 1. The minimum Gasteiger partial charge on any atom is -0.483 e. The number of hydrogen-bond donors (Lipinski definition) is 1. The Morgan fingerprint density at radius 2 is 2.17 bits per heavy atom. The van der Waals surface area contributed by atoms with E-state index >= 15 is 0 Å². The second-order valence-electron chi connectivity index (χ2n) is 6.45. The molecule has 1 aromatic rings. The first-order valence-corrected chi connectivity index (χ1v) is 7.95. The van der Waals surface area contributed by atoms with Gasteiger partial charge in [0, 0.05) is 24.1 Å². The van der Waals surface area contributed by atoms with E-state index in [9.17, 15) is 14.7 Å². The molecule has 0 aliphatic carbocycles. The van der Waals surface area contributed by atoms with Gasteiger partial charge in [0.05, 0.1) is 25.0 Å². The van der Waals surface area contributed by atoms with Crippen LogP contribution in [0.3, 0.4) is 0 Å². The van der Waals surface area contributed by atoms with Crippen molar-refractivity contribution in [2.24, 2.45) is 0 Å². The molecule has 1 amide bonds. The van der Waals surface area contributed by atoms with Crippen LogP contribution in [-0.2, 0) is 9.53 Å². The second kappa shape index (κ2) is 5.94. The number of ether oxygens (including phenoxy) is 2. The molecule has 0 unspecified atom stereocenters. The van der Waals surface area contributed by atoms with E-state index in [1.807, 2.05) is 13.8 Å². The van der Waals surface area contributed by atoms with Crippen molar-refractivity contribution in [2.75, 3.05) is 20.3 Å². The average Bonchev–Trinajstić information content (AvgIpc) is 2.97. The highest BCUT2D eigenvalue weighted by Crippen LogP contribution is 2.43. The van der Waals surface area contributed by atoms with Crippen LogP contribution in [-0.4, -0.2) is 47.7 Å². The van der Waals surface area contributed by atoms with Gasteiger partial charge in [-0.25, -0.2) is 4.79 Å². The molecular formula is C18H21NO5. The van der Waals surface area contributed by atoms with Gasteiger partial charge in [-0.1, -0.05) is 0 Å². The van der Waals surface area contributed by atoms with Gasteiger partial charge in [-0.05, 0) is 38.5 Å². The van der Waals surface area contributed by atoms with E-state index < -0.39 is 11.6 Å². The third-order valence-electron chi connectivity index (χ3n) is 4.53. The molecule has 1 N–H and O–H groups in total. The minimum atomic E-state index is -0.743. The van der Waals surface area contributed by atoms with E-state index in [0.29, 0.717) is 41.1 Å². The average molecular weight is 331 g/mol. The maximum absolute atomic E-state index is 12.3. The van der Waals surface area contributed by atoms with Gasteiger partial charge in [0.25, 0.3) is 0 Å². The first kappa shape index (κ1) is 16.5. The number of methoxy groups -OCH3 is 1. The number of likely N-dealkylation sites (tertiary alicyclic amines) is 1. The Morgan fingerprint density at radius 1 is 1.42 bits per heavy atom. The fourth-order valence-electron chi connectivity index (χ4n) is 3.29. The molecule has 0 bridgehead atoms. The van der Waals surface area contributed by atoms with Crippen molar-refractivity contribution in [1.29, 1.82) is 0 Å². The second-order valence-corrected chi connectivity index (χ2v) is 6.45. The van der Waals surface area contributed by atoms with Crippen LogP contribution in [0.2, 0.25) is 0 Å². The van der Waals surface area contributed by atoms with Crippen LogP contribution in [0.15, 0.2) is 23.8 Å². The van der Waals surface area contributed by atoms with E-state index in [1.54, 1.807) is 23.1 Å². The molecule has 2 heterocycles. The smallest absolute Gasteiger partial charge is 0.337 e. The van der Waals surface area contributed by atoms with E-state index in [0.717, 1.165) is 6.42 Å². The summed E-state index contributed by atoms with van der Waals surface area (Å²) in [7, 11) is 1.32. The molecule has 1 fully saturated rings. The molecule has 0 spiro atoms. The molecule has 24 heavy (non-hydrogen) atoms. The highest BCUT2D eigenvalue weighted by atomic mass is 16.5. The number of benzene rings is 1. The summed E-state index contributed by atoms with van der Waals surface area (Å²) in [6.07, 6.45) is 1.25. The van der Waals surface area contributed by atoms with Crippen LogP contribution in [0, 0.1) is 0 Å². The molecule has 2 aliphatic heterocycles. The quantitative estimate of drug-likeness (QED) is 0.857. The first-order chi connectivity index (χ1) is 11.4. The number of carbonyl (C=O) groups excluding carboxylic acids is 2. The first-order valence-electron chi connectivity index (χ1n) is 7.95. The largest absolute Gasteiger partial charge is 0.483 e. The van der Waals surface area contributed by atoms with Crippen LogP contribution in [0.25, 0.3) is 5.70 Å². The molecule has 1 aromatic carbocycles. The van der Waals surface area contributed by atoms with Gasteiger partial charge in [0.2, 0.25) is 5.91 Å². The fraction of sp³-hybridized carbons (Fsp3) is 0.444. The third kappa shape index (κ3) is 2.57. The maximum Gasteiger partial charge on any atom is 0.337 e. The number of rotatable bonds is 3. The van der Waals surface area contributed by atoms with Crippen LogP contribution in [0.4, 0.5) is 0 Å². The molecule has 0 aromatic heterocycles. The Morgan fingerprint density at radius 3 is 2.75 bits per heavy atom. The summed E-state index contributed by atoms with van der Waals surface area (Å²) < 4.78 is 10.8. The Bertz CT molecular complexity index is 735. The molecule has 1 saturated heterocycles. The van der Waals surface area contributed by atoms with Crippen molar-refractivity contribution in [3.63, 3.8) is 0 Å². The summed E-state index contributed by atoms with van der Waals surface area (Å²) in [6, 6.07) is 5.00. The van der Waals surface area contributed by atoms with Crippen molar-refractivity contribution in [2.45, 2.75) is 32.3 Å². The summed E-state index contributed by atoms with van der Waals surface area (Å²) in [4.78, 5) is 25.9. The van der Waals surface area contributed by atoms with Crippen LogP contribution >= 0.6 is 0 Å². The Kier molecular flexibility index (Phi) is 4.09. The van der Waals surface area contributed by atoms with Crippen molar-refractivity contribution >= 4 is 17.6 Å². The topological polar surface area (TPSA) is 76.1 Å². The number of esters is 1. The number of amides is 1. The summed E-state index contributed by atoms with van der Waals surface area (Å²) in [5.41, 5.74) is 1.55. The normalized spacial score (nSPS) is 19.2. The van der Waals surface area contributed by atoms with Gasteiger partial charge in [-0.3, -0.25) is 4.79 Å². The highest BCUT2D eigenvalue weighted by molar-refractivity contribution is 5.95. The van der Waals surface area contributed by atoms with Crippen molar-refractivity contribution in [1.82, 2.24) is 4.90 Å². The van der Waals surface area contributed by atoms with Gasteiger partial charge in [-0.2, -0.15) is 0 Å². The zero-order valence-corrected chi connectivity index (χ0v) is 14.1. The van der Waals surface area contributed by atoms with E-state index in [1.165, 1.54) is 7.11 Å². The molecular weight excluding hydrogens is 310 g/mol. The van der Waals surface area contributed by atoms with E-state index in [-0.39, 0.29) is 12.5 Å².